The molecule has 0 radical (unpaired) electrons. The Labute approximate surface area is 190 Å². The van der Waals surface area contributed by atoms with E-state index in [9.17, 15) is 9.59 Å². The number of carbonyl (C=O) groups is 2. The third kappa shape index (κ3) is 3.78. The van der Waals surface area contributed by atoms with Gasteiger partial charge in [-0.2, -0.15) is 0 Å². The number of rotatable bonds is 6. The molecule has 33 heavy (non-hydrogen) atoms. The summed E-state index contributed by atoms with van der Waals surface area (Å²) in [6.07, 6.45) is 10.6. The lowest BCUT2D eigenvalue weighted by Gasteiger charge is -2.08. The van der Waals surface area contributed by atoms with E-state index in [1.165, 1.54) is 0 Å². The van der Waals surface area contributed by atoms with Crippen molar-refractivity contribution in [2.24, 2.45) is 0 Å². The average molecular weight is 438 g/mol. The smallest absolute Gasteiger partial charge is 0.326 e. The summed E-state index contributed by atoms with van der Waals surface area (Å²) in [5, 5.41) is 4.40. The van der Waals surface area contributed by atoms with Crippen LogP contribution in [-0.2, 0) is 0 Å². The first-order valence-corrected chi connectivity index (χ1v) is 11.0. The van der Waals surface area contributed by atoms with Crippen molar-refractivity contribution in [2.75, 3.05) is 6.54 Å². The van der Waals surface area contributed by atoms with E-state index in [1.807, 2.05) is 30.3 Å². The van der Waals surface area contributed by atoms with Crippen LogP contribution in [-0.4, -0.2) is 37.9 Å². The summed E-state index contributed by atoms with van der Waals surface area (Å²) in [4.78, 5) is 38.0. The van der Waals surface area contributed by atoms with E-state index in [2.05, 4.69) is 27.2 Å². The predicted molar refractivity (Wildman–Crippen MR) is 128 cm³/mol. The fourth-order valence-electron chi connectivity index (χ4n) is 4.03. The standard InChI is InChI=1S/C26H23N5O2/c1-2-3-11-28-26(33)31-12-9-19-20(7-4-8-23(19)31)24(32)22-16-30-25-21(22)13-18(15-29-25)17-6-5-10-27-14-17/h4-10,12-16H,2-3,11H2,1H3,(H,28,33)(H,29,30). The van der Waals surface area contributed by atoms with Gasteiger partial charge in [-0.1, -0.05) is 31.5 Å². The maximum atomic E-state index is 13.6. The van der Waals surface area contributed by atoms with Crippen molar-refractivity contribution < 1.29 is 9.59 Å². The van der Waals surface area contributed by atoms with E-state index >= 15 is 0 Å². The molecular weight excluding hydrogens is 414 g/mol. The second-order valence-corrected chi connectivity index (χ2v) is 7.90. The third-order valence-corrected chi connectivity index (χ3v) is 5.77. The molecule has 4 aromatic heterocycles. The van der Waals surface area contributed by atoms with Crippen molar-refractivity contribution in [2.45, 2.75) is 19.8 Å². The first-order valence-electron chi connectivity index (χ1n) is 11.0. The van der Waals surface area contributed by atoms with Gasteiger partial charge < -0.3 is 10.3 Å². The van der Waals surface area contributed by atoms with Gasteiger partial charge in [-0.3, -0.25) is 14.3 Å². The van der Waals surface area contributed by atoms with Gasteiger partial charge in [0.1, 0.15) is 5.65 Å². The van der Waals surface area contributed by atoms with Crippen molar-refractivity contribution in [1.29, 1.82) is 0 Å². The van der Waals surface area contributed by atoms with E-state index in [1.54, 1.807) is 47.7 Å². The van der Waals surface area contributed by atoms with E-state index in [4.69, 9.17) is 0 Å². The maximum absolute atomic E-state index is 13.6. The Morgan fingerprint density at radius 1 is 1.03 bits per heavy atom. The highest BCUT2D eigenvalue weighted by molar-refractivity contribution is 6.21. The van der Waals surface area contributed by atoms with Crippen molar-refractivity contribution in [1.82, 2.24) is 24.8 Å². The monoisotopic (exact) mass is 437 g/mol. The Morgan fingerprint density at radius 3 is 2.76 bits per heavy atom. The molecule has 0 aliphatic carbocycles. The average Bonchev–Trinajstić information content (AvgIpc) is 3.48. The number of pyridine rings is 2. The van der Waals surface area contributed by atoms with Gasteiger partial charge in [-0.15, -0.1) is 0 Å². The second-order valence-electron chi connectivity index (χ2n) is 7.90. The highest BCUT2D eigenvalue weighted by atomic mass is 16.2. The first-order chi connectivity index (χ1) is 16.2. The molecule has 7 nitrogen and oxygen atoms in total. The Balaban J connectivity index is 1.53. The van der Waals surface area contributed by atoms with Crippen LogP contribution in [0.4, 0.5) is 4.79 Å². The molecule has 0 saturated carbocycles. The van der Waals surface area contributed by atoms with Gasteiger partial charge in [-0.25, -0.2) is 9.78 Å². The van der Waals surface area contributed by atoms with Gasteiger partial charge in [0.15, 0.2) is 5.78 Å². The van der Waals surface area contributed by atoms with E-state index in [0.717, 1.165) is 34.7 Å². The summed E-state index contributed by atoms with van der Waals surface area (Å²) >= 11 is 0. The number of fused-ring (bicyclic) bond motifs is 2. The largest absolute Gasteiger partial charge is 0.345 e. The van der Waals surface area contributed by atoms with E-state index in [-0.39, 0.29) is 11.8 Å². The number of carbonyl (C=O) groups excluding carboxylic acids is 2. The summed E-state index contributed by atoms with van der Waals surface area (Å²) in [5.74, 6) is -0.124. The van der Waals surface area contributed by atoms with Gasteiger partial charge in [0, 0.05) is 70.6 Å². The number of H-pyrrole nitrogens is 1. The topological polar surface area (TPSA) is 92.7 Å². The van der Waals surface area contributed by atoms with Crippen molar-refractivity contribution in [3.05, 3.63) is 84.6 Å². The minimum atomic E-state index is -0.194. The molecule has 0 aliphatic rings. The van der Waals surface area contributed by atoms with Crippen LogP contribution in [0.25, 0.3) is 33.1 Å². The molecule has 1 aromatic carbocycles. The highest BCUT2D eigenvalue weighted by Crippen LogP contribution is 2.28. The number of aromatic nitrogens is 4. The molecule has 0 atom stereocenters. The first kappa shape index (κ1) is 20.6. The number of ketones is 1. The summed E-state index contributed by atoms with van der Waals surface area (Å²) in [7, 11) is 0. The number of nitrogens with zero attached hydrogens (tertiary/aromatic N) is 3. The SMILES string of the molecule is CCCCNC(=O)n1ccc2c(C(=O)c3c[nH]c4ncc(-c5cccnc5)cc34)cccc21. The molecule has 5 rings (SSSR count). The van der Waals surface area contributed by atoms with Crippen LogP contribution >= 0.6 is 0 Å². The summed E-state index contributed by atoms with van der Waals surface area (Å²) in [5.41, 5.74) is 4.24. The van der Waals surface area contributed by atoms with Gasteiger partial charge >= 0.3 is 6.03 Å². The van der Waals surface area contributed by atoms with Gasteiger partial charge in [0.05, 0.1) is 5.52 Å². The minimum absolute atomic E-state index is 0.124. The minimum Gasteiger partial charge on any atom is -0.345 e. The molecule has 164 valence electrons. The number of unbranched alkanes of at least 4 members (excludes halogenated alkanes) is 1. The quantitative estimate of drug-likeness (QED) is 0.283. The van der Waals surface area contributed by atoms with Crippen LogP contribution in [0.1, 0.15) is 35.7 Å². The Kier molecular flexibility index (Phi) is 5.44. The van der Waals surface area contributed by atoms with Crippen LogP contribution in [0.3, 0.4) is 0 Å². The number of amides is 1. The van der Waals surface area contributed by atoms with Crippen LogP contribution < -0.4 is 5.32 Å². The molecule has 0 saturated heterocycles. The Hall–Kier alpha value is -4.26. The summed E-state index contributed by atoms with van der Waals surface area (Å²) in [6.45, 7) is 2.70. The fourth-order valence-corrected chi connectivity index (χ4v) is 4.03. The summed E-state index contributed by atoms with van der Waals surface area (Å²) in [6, 6.07) is 12.8. The van der Waals surface area contributed by atoms with Crippen LogP contribution in [0.15, 0.2) is 73.4 Å². The molecule has 0 spiro atoms. The number of benzene rings is 1. The predicted octanol–water partition coefficient (Wildman–Crippen LogP) is 5.17. The molecule has 5 aromatic rings. The number of hydrogen-bond acceptors (Lipinski definition) is 4. The molecule has 0 aliphatic heterocycles. The highest BCUT2D eigenvalue weighted by Gasteiger charge is 2.20. The van der Waals surface area contributed by atoms with Gasteiger partial charge in [0.25, 0.3) is 0 Å². The third-order valence-electron chi connectivity index (χ3n) is 5.77. The zero-order valence-corrected chi connectivity index (χ0v) is 18.2. The molecule has 0 bridgehead atoms. The fraction of sp³-hybridized carbons (Fsp3) is 0.154. The molecule has 7 heteroatoms. The summed E-state index contributed by atoms with van der Waals surface area (Å²) < 4.78 is 1.55. The van der Waals surface area contributed by atoms with Gasteiger partial charge in [0.2, 0.25) is 0 Å². The molecule has 1 amide bonds. The van der Waals surface area contributed by atoms with Crippen LogP contribution in [0, 0.1) is 0 Å². The number of nitrogens with one attached hydrogen (secondary N) is 2. The van der Waals surface area contributed by atoms with Crippen LogP contribution in [0.2, 0.25) is 0 Å². The van der Waals surface area contributed by atoms with Crippen LogP contribution in [0.5, 0.6) is 0 Å². The number of aromatic amines is 1. The lowest BCUT2D eigenvalue weighted by atomic mass is 9.99. The van der Waals surface area contributed by atoms with E-state index in [0.29, 0.717) is 28.8 Å². The second kappa shape index (κ2) is 8.70. The molecule has 0 fully saturated rings. The molecule has 2 N–H and O–H groups in total. The van der Waals surface area contributed by atoms with Gasteiger partial charge in [-0.05, 0) is 30.7 Å². The van der Waals surface area contributed by atoms with E-state index < -0.39 is 0 Å². The lowest BCUT2D eigenvalue weighted by molar-refractivity contribution is 0.104. The number of hydrogen-bond donors (Lipinski definition) is 2. The van der Waals surface area contributed by atoms with Crippen molar-refractivity contribution in [3.8, 4) is 11.1 Å². The Morgan fingerprint density at radius 2 is 1.94 bits per heavy atom. The Bertz CT molecular complexity index is 1470. The molecular formula is C26H23N5O2. The molecule has 4 heterocycles. The van der Waals surface area contributed by atoms with Crippen molar-refractivity contribution in [3.63, 3.8) is 0 Å². The molecule has 0 unspecified atom stereocenters. The maximum Gasteiger partial charge on any atom is 0.326 e. The zero-order chi connectivity index (χ0) is 22.8. The normalized spacial score (nSPS) is 11.2. The zero-order valence-electron chi connectivity index (χ0n) is 18.2. The van der Waals surface area contributed by atoms with Crippen molar-refractivity contribution >= 4 is 33.8 Å². The lowest BCUT2D eigenvalue weighted by Crippen LogP contribution is -2.28.